The Bertz CT molecular complexity index is 366. The van der Waals surface area contributed by atoms with E-state index in [-0.39, 0.29) is 23.4 Å². The number of likely N-dealkylation sites (tertiary alicyclic amines) is 1. The molecule has 1 heterocycles. The fourth-order valence-electron chi connectivity index (χ4n) is 2.01. The van der Waals surface area contributed by atoms with E-state index in [1.165, 1.54) is 0 Å². The Balaban J connectivity index is 2.47. The van der Waals surface area contributed by atoms with E-state index in [9.17, 15) is 9.59 Å². The van der Waals surface area contributed by atoms with E-state index >= 15 is 0 Å². The van der Waals surface area contributed by atoms with Gasteiger partial charge in [-0.3, -0.25) is 4.79 Å². The Morgan fingerprint density at radius 3 is 2.26 bits per heavy atom. The first kappa shape index (κ1) is 15.7. The van der Waals surface area contributed by atoms with Crippen LogP contribution >= 0.6 is 0 Å². The molecule has 1 aliphatic rings. The summed E-state index contributed by atoms with van der Waals surface area (Å²) in [6, 6.07) is 0. The minimum Gasteiger partial charge on any atom is -0.459 e. The zero-order valence-corrected chi connectivity index (χ0v) is 12.5. The van der Waals surface area contributed by atoms with E-state index in [0.717, 1.165) is 6.42 Å². The van der Waals surface area contributed by atoms with Gasteiger partial charge in [0.2, 0.25) is 5.91 Å². The molecule has 0 spiro atoms. The summed E-state index contributed by atoms with van der Waals surface area (Å²) >= 11 is 0. The summed E-state index contributed by atoms with van der Waals surface area (Å²) in [4.78, 5) is 25.6. The zero-order chi connectivity index (χ0) is 14.6. The Morgan fingerprint density at radius 1 is 1.32 bits per heavy atom. The molecule has 0 saturated carbocycles. The summed E-state index contributed by atoms with van der Waals surface area (Å²) in [5, 5.41) is 0. The summed E-state index contributed by atoms with van der Waals surface area (Å²) in [6.07, 6.45) is 2.17. The van der Waals surface area contributed by atoms with Crippen LogP contribution in [0.4, 0.5) is 0 Å². The smallest absolute Gasteiger partial charge is 0.333 e. The average Bonchev–Trinajstić information content (AvgIpc) is 2.38. The largest absolute Gasteiger partial charge is 0.459 e. The predicted molar refractivity (Wildman–Crippen MR) is 74.6 cm³/mol. The minimum absolute atomic E-state index is 0.0852. The number of hydrogen-bond donors (Lipinski definition) is 0. The molecule has 1 amide bonds. The Morgan fingerprint density at radius 2 is 1.84 bits per heavy atom. The van der Waals surface area contributed by atoms with Crippen molar-refractivity contribution in [1.29, 1.82) is 0 Å². The van der Waals surface area contributed by atoms with E-state index in [2.05, 4.69) is 6.58 Å². The Labute approximate surface area is 115 Å². The monoisotopic (exact) mass is 267 g/mol. The van der Waals surface area contributed by atoms with E-state index < -0.39 is 0 Å². The van der Waals surface area contributed by atoms with Crippen molar-refractivity contribution in [3.63, 3.8) is 0 Å². The molecule has 4 heteroatoms. The third kappa shape index (κ3) is 4.08. The molecule has 0 aliphatic carbocycles. The molecule has 0 aromatic rings. The van der Waals surface area contributed by atoms with Crippen LogP contribution in [-0.2, 0) is 14.3 Å². The van der Waals surface area contributed by atoms with Crippen LogP contribution in [0.25, 0.3) is 0 Å². The predicted octanol–water partition coefficient (Wildman–Crippen LogP) is 2.53. The van der Waals surface area contributed by atoms with E-state index in [4.69, 9.17) is 4.74 Å². The summed E-state index contributed by atoms with van der Waals surface area (Å²) in [6.45, 7) is 12.5. The van der Waals surface area contributed by atoms with Crippen molar-refractivity contribution in [2.75, 3.05) is 13.1 Å². The van der Waals surface area contributed by atoms with Crippen LogP contribution < -0.4 is 0 Å². The van der Waals surface area contributed by atoms with Crippen molar-refractivity contribution < 1.29 is 14.3 Å². The van der Waals surface area contributed by atoms with E-state index in [1.54, 1.807) is 6.92 Å². The Hall–Kier alpha value is -1.32. The second-order valence-corrected chi connectivity index (χ2v) is 5.91. The van der Waals surface area contributed by atoms with Gasteiger partial charge in [-0.05, 0) is 13.3 Å². The molecule has 0 bridgehead atoms. The van der Waals surface area contributed by atoms with Gasteiger partial charge in [-0.1, -0.05) is 27.4 Å². The number of rotatable bonds is 4. The zero-order valence-electron chi connectivity index (χ0n) is 12.5. The number of esters is 1. The van der Waals surface area contributed by atoms with Crippen molar-refractivity contribution >= 4 is 11.9 Å². The number of hydrogen-bond acceptors (Lipinski definition) is 3. The molecule has 1 aliphatic heterocycles. The van der Waals surface area contributed by atoms with Crippen LogP contribution in [0.15, 0.2) is 12.2 Å². The number of ether oxygens (including phenoxy) is 1. The van der Waals surface area contributed by atoms with E-state index in [0.29, 0.717) is 31.5 Å². The lowest BCUT2D eigenvalue weighted by Crippen LogP contribution is -2.46. The molecule has 0 N–H and O–H groups in total. The lowest BCUT2D eigenvalue weighted by atomic mass is 9.87. The molecular formula is C15H25NO3. The highest BCUT2D eigenvalue weighted by Gasteiger charge is 2.33. The van der Waals surface area contributed by atoms with Crippen LogP contribution in [0.5, 0.6) is 0 Å². The van der Waals surface area contributed by atoms with Gasteiger partial charge in [0.25, 0.3) is 0 Å². The first-order chi connectivity index (χ1) is 8.77. The molecule has 0 aromatic carbocycles. The number of amides is 1. The van der Waals surface area contributed by atoms with Gasteiger partial charge in [-0.15, -0.1) is 0 Å². The van der Waals surface area contributed by atoms with Crippen LogP contribution in [-0.4, -0.2) is 36.0 Å². The summed E-state index contributed by atoms with van der Waals surface area (Å²) in [5.41, 5.74) is 0.118. The molecule has 19 heavy (non-hydrogen) atoms. The van der Waals surface area contributed by atoms with Crippen LogP contribution in [0.2, 0.25) is 0 Å². The van der Waals surface area contributed by atoms with Crippen molar-refractivity contribution in [1.82, 2.24) is 4.90 Å². The van der Waals surface area contributed by atoms with Gasteiger partial charge in [0, 0.05) is 36.9 Å². The number of carbonyl (C=O) groups is 2. The second-order valence-electron chi connectivity index (χ2n) is 5.91. The highest BCUT2D eigenvalue weighted by molar-refractivity contribution is 5.87. The average molecular weight is 267 g/mol. The first-order valence-electron chi connectivity index (χ1n) is 6.93. The maximum atomic E-state index is 12.3. The van der Waals surface area contributed by atoms with Crippen molar-refractivity contribution in [2.45, 2.75) is 53.1 Å². The third-order valence-corrected chi connectivity index (χ3v) is 3.81. The van der Waals surface area contributed by atoms with Gasteiger partial charge in [-0.2, -0.15) is 0 Å². The topological polar surface area (TPSA) is 46.6 Å². The fraction of sp³-hybridized carbons (Fsp3) is 0.733. The molecule has 1 rings (SSSR count). The molecule has 0 atom stereocenters. The summed E-state index contributed by atoms with van der Waals surface area (Å²) in [5.74, 6) is -0.140. The van der Waals surface area contributed by atoms with Crippen molar-refractivity contribution in [3.05, 3.63) is 12.2 Å². The van der Waals surface area contributed by atoms with Crippen LogP contribution in [0, 0.1) is 5.41 Å². The van der Waals surface area contributed by atoms with Crippen LogP contribution in [0.1, 0.15) is 47.0 Å². The molecule has 4 nitrogen and oxygen atoms in total. The summed E-state index contributed by atoms with van der Waals surface area (Å²) < 4.78 is 5.32. The van der Waals surface area contributed by atoms with Gasteiger partial charge in [0.15, 0.2) is 0 Å². The molecular weight excluding hydrogens is 242 g/mol. The van der Waals surface area contributed by atoms with Crippen molar-refractivity contribution in [3.8, 4) is 0 Å². The number of nitrogens with zero attached hydrogens (tertiary/aromatic N) is 1. The highest BCUT2D eigenvalue weighted by Crippen LogP contribution is 2.25. The third-order valence-electron chi connectivity index (χ3n) is 3.81. The maximum Gasteiger partial charge on any atom is 0.333 e. The lowest BCUT2D eigenvalue weighted by Gasteiger charge is -2.36. The second kappa shape index (κ2) is 6.22. The number of carbonyl (C=O) groups excluding carboxylic acids is 2. The number of piperidine rings is 1. The van der Waals surface area contributed by atoms with Crippen LogP contribution in [0.3, 0.4) is 0 Å². The van der Waals surface area contributed by atoms with Gasteiger partial charge in [0.1, 0.15) is 6.10 Å². The molecule has 1 fully saturated rings. The highest BCUT2D eigenvalue weighted by atomic mass is 16.5. The molecule has 108 valence electrons. The molecule has 1 saturated heterocycles. The molecule has 0 unspecified atom stereocenters. The SMILES string of the molecule is C=C(C)C(=O)OC1CCN(C(=O)C(C)(C)CC)CC1. The van der Waals surface area contributed by atoms with Crippen molar-refractivity contribution in [2.24, 2.45) is 5.41 Å². The van der Waals surface area contributed by atoms with E-state index in [1.807, 2.05) is 25.7 Å². The normalized spacial score (nSPS) is 17.2. The van der Waals surface area contributed by atoms with Gasteiger partial charge in [0.05, 0.1) is 0 Å². The molecule has 0 radical (unpaired) electrons. The Kier molecular flexibility index (Phi) is 5.15. The first-order valence-corrected chi connectivity index (χ1v) is 6.93. The van der Waals surface area contributed by atoms with Gasteiger partial charge < -0.3 is 9.64 Å². The standard InChI is InChI=1S/C15H25NO3/c1-6-15(4,5)14(18)16-9-7-12(8-10-16)19-13(17)11(2)3/h12H,2,6-10H2,1,3-5H3. The fourth-order valence-corrected chi connectivity index (χ4v) is 2.01. The van der Waals surface area contributed by atoms with Gasteiger partial charge in [-0.25, -0.2) is 4.79 Å². The lowest BCUT2D eigenvalue weighted by molar-refractivity contribution is -0.149. The summed E-state index contributed by atoms with van der Waals surface area (Å²) in [7, 11) is 0. The van der Waals surface area contributed by atoms with Gasteiger partial charge >= 0.3 is 5.97 Å². The minimum atomic E-state index is -0.335. The maximum absolute atomic E-state index is 12.3. The molecule has 0 aromatic heterocycles. The quantitative estimate of drug-likeness (QED) is 0.581.